The zero-order valence-corrected chi connectivity index (χ0v) is 18.6. The highest BCUT2D eigenvalue weighted by Gasteiger charge is 2.28. The molecule has 0 saturated heterocycles. The lowest BCUT2D eigenvalue weighted by atomic mass is 10.1. The predicted molar refractivity (Wildman–Crippen MR) is 122 cm³/mol. The van der Waals surface area contributed by atoms with Crippen molar-refractivity contribution < 1.29 is 23.8 Å². The Bertz CT molecular complexity index is 1080. The van der Waals surface area contributed by atoms with Crippen molar-refractivity contribution in [2.75, 3.05) is 31.3 Å². The van der Waals surface area contributed by atoms with E-state index in [1.165, 1.54) is 4.90 Å². The summed E-state index contributed by atoms with van der Waals surface area (Å²) in [5, 5.41) is 3.08. The minimum Gasteiger partial charge on any atom is -0.490 e. The highest BCUT2D eigenvalue weighted by molar-refractivity contribution is 7.09. The summed E-state index contributed by atoms with van der Waals surface area (Å²) in [7, 11) is 0. The van der Waals surface area contributed by atoms with Gasteiger partial charge in [0.1, 0.15) is 31.3 Å². The highest BCUT2D eigenvalue weighted by atomic mass is 32.1. The van der Waals surface area contributed by atoms with Crippen LogP contribution in [0.5, 0.6) is 11.5 Å². The van der Waals surface area contributed by atoms with Gasteiger partial charge >= 0.3 is 5.97 Å². The van der Waals surface area contributed by atoms with Gasteiger partial charge in [-0.1, -0.05) is 25.1 Å². The molecule has 166 valence electrons. The van der Waals surface area contributed by atoms with Gasteiger partial charge in [-0.3, -0.25) is 14.5 Å². The quantitative estimate of drug-likeness (QED) is 0.359. The van der Waals surface area contributed by atoms with Crippen LogP contribution in [0.2, 0.25) is 0 Å². The molecule has 0 bridgehead atoms. The zero-order valence-electron chi connectivity index (χ0n) is 17.8. The van der Waals surface area contributed by atoms with E-state index in [0.717, 1.165) is 29.1 Å². The fourth-order valence-corrected chi connectivity index (χ4v) is 4.22. The molecule has 2 heterocycles. The van der Waals surface area contributed by atoms with E-state index in [0.29, 0.717) is 17.2 Å². The van der Waals surface area contributed by atoms with Crippen LogP contribution in [0.1, 0.15) is 18.4 Å². The number of aromatic nitrogens is 1. The number of amides is 1. The first-order chi connectivity index (χ1) is 15.6. The number of fused-ring (bicyclic) bond motifs is 1. The molecule has 0 saturated carbocycles. The molecule has 32 heavy (non-hydrogen) atoms. The minimum atomic E-state index is -0.507. The van der Waals surface area contributed by atoms with Crippen LogP contribution in [0.15, 0.2) is 53.9 Å². The van der Waals surface area contributed by atoms with Crippen LogP contribution in [0.25, 0.3) is 11.3 Å². The standard InChI is InChI=1S/C24H24N2O5S/c1-2-6-22-25-19(16-32-22)17-9-10-21-20(13-17)26(23(27)15-31-21)14-24(28)30-12-11-29-18-7-4-3-5-8-18/h3-5,7-10,13,16H,2,6,11-12,14-15H2,1H3. The molecular formula is C24H24N2O5S. The average molecular weight is 453 g/mol. The van der Waals surface area contributed by atoms with E-state index in [9.17, 15) is 9.59 Å². The normalized spacial score (nSPS) is 12.8. The van der Waals surface area contributed by atoms with E-state index in [1.54, 1.807) is 11.3 Å². The summed E-state index contributed by atoms with van der Waals surface area (Å²) in [6.45, 7) is 2.14. The topological polar surface area (TPSA) is 78.0 Å². The first kappa shape index (κ1) is 21.8. The molecule has 1 aromatic heterocycles. The molecule has 0 atom stereocenters. The molecule has 0 N–H and O–H groups in total. The molecule has 1 aliphatic rings. The van der Waals surface area contributed by atoms with Gasteiger partial charge in [-0.15, -0.1) is 11.3 Å². The Morgan fingerprint density at radius 1 is 1.19 bits per heavy atom. The van der Waals surface area contributed by atoms with Gasteiger partial charge in [0.25, 0.3) is 5.91 Å². The van der Waals surface area contributed by atoms with Crippen LogP contribution in [-0.4, -0.2) is 43.2 Å². The molecule has 1 aliphatic heterocycles. The third-order valence-electron chi connectivity index (χ3n) is 4.86. The number of benzene rings is 2. The number of thiazole rings is 1. The van der Waals surface area contributed by atoms with Crippen LogP contribution in [0, 0.1) is 0 Å². The largest absolute Gasteiger partial charge is 0.490 e. The maximum atomic E-state index is 12.5. The lowest BCUT2D eigenvalue weighted by molar-refractivity contribution is -0.143. The number of nitrogens with zero attached hydrogens (tertiary/aromatic N) is 2. The van der Waals surface area contributed by atoms with Crippen molar-refractivity contribution in [1.82, 2.24) is 4.98 Å². The van der Waals surface area contributed by atoms with Crippen molar-refractivity contribution in [1.29, 1.82) is 0 Å². The summed E-state index contributed by atoms with van der Waals surface area (Å²) in [6.07, 6.45) is 1.97. The number of para-hydroxylation sites is 1. The van der Waals surface area contributed by atoms with E-state index in [4.69, 9.17) is 14.2 Å². The highest BCUT2D eigenvalue weighted by Crippen LogP contribution is 2.36. The monoisotopic (exact) mass is 452 g/mol. The Morgan fingerprint density at radius 3 is 2.84 bits per heavy atom. The van der Waals surface area contributed by atoms with E-state index >= 15 is 0 Å². The van der Waals surface area contributed by atoms with Gasteiger partial charge in [0, 0.05) is 10.9 Å². The summed E-state index contributed by atoms with van der Waals surface area (Å²) >= 11 is 1.62. The number of aryl methyl sites for hydroxylation is 1. The first-order valence-electron chi connectivity index (χ1n) is 10.5. The molecule has 2 aromatic carbocycles. The van der Waals surface area contributed by atoms with E-state index in [2.05, 4.69) is 11.9 Å². The molecule has 4 rings (SSSR count). The second-order valence-corrected chi connectivity index (χ2v) is 8.15. The van der Waals surface area contributed by atoms with Crippen LogP contribution in [0.4, 0.5) is 5.69 Å². The summed E-state index contributed by atoms with van der Waals surface area (Å²) < 4.78 is 16.3. The number of carbonyl (C=O) groups is 2. The van der Waals surface area contributed by atoms with E-state index < -0.39 is 5.97 Å². The molecular weight excluding hydrogens is 428 g/mol. The number of ether oxygens (including phenoxy) is 3. The van der Waals surface area contributed by atoms with Gasteiger partial charge in [-0.2, -0.15) is 0 Å². The van der Waals surface area contributed by atoms with Crippen LogP contribution in [0.3, 0.4) is 0 Å². The second kappa shape index (κ2) is 10.3. The lowest BCUT2D eigenvalue weighted by Crippen LogP contribution is -2.42. The van der Waals surface area contributed by atoms with Crippen molar-refractivity contribution in [2.24, 2.45) is 0 Å². The Kier molecular flexibility index (Phi) is 7.01. The van der Waals surface area contributed by atoms with Gasteiger partial charge in [0.05, 0.1) is 16.4 Å². The predicted octanol–water partition coefficient (Wildman–Crippen LogP) is 4.11. The van der Waals surface area contributed by atoms with Crippen molar-refractivity contribution in [3.63, 3.8) is 0 Å². The average Bonchev–Trinajstić information content (AvgIpc) is 3.28. The fraction of sp³-hybridized carbons (Fsp3) is 0.292. The number of hydrogen-bond acceptors (Lipinski definition) is 7. The molecule has 0 fully saturated rings. The Morgan fingerprint density at radius 2 is 2.03 bits per heavy atom. The van der Waals surface area contributed by atoms with Gasteiger partial charge in [0.15, 0.2) is 6.61 Å². The second-order valence-electron chi connectivity index (χ2n) is 7.21. The maximum absolute atomic E-state index is 12.5. The molecule has 1 amide bonds. The minimum absolute atomic E-state index is 0.0954. The first-order valence-corrected chi connectivity index (χ1v) is 11.4. The lowest BCUT2D eigenvalue weighted by Gasteiger charge is -2.29. The SMILES string of the molecule is CCCc1nc(-c2ccc3c(c2)N(CC(=O)OCCOc2ccccc2)C(=O)CO3)cs1. The van der Waals surface area contributed by atoms with Gasteiger partial charge < -0.3 is 14.2 Å². The summed E-state index contributed by atoms with van der Waals surface area (Å²) in [5.41, 5.74) is 2.26. The molecule has 3 aromatic rings. The maximum Gasteiger partial charge on any atom is 0.326 e. The number of esters is 1. The molecule has 0 aliphatic carbocycles. The molecule has 8 heteroatoms. The third-order valence-corrected chi connectivity index (χ3v) is 5.77. The number of carbonyl (C=O) groups excluding carboxylic acids is 2. The Balaban J connectivity index is 1.40. The summed E-state index contributed by atoms with van der Waals surface area (Å²) in [4.78, 5) is 31.0. The van der Waals surface area contributed by atoms with Crippen LogP contribution in [-0.2, 0) is 20.7 Å². The number of rotatable bonds is 9. The van der Waals surface area contributed by atoms with Gasteiger partial charge in [-0.05, 0) is 43.2 Å². The number of hydrogen-bond donors (Lipinski definition) is 0. The van der Waals surface area contributed by atoms with E-state index in [1.807, 2.05) is 53.9 Å². The van der Waals surface area contributed by atoms with Gasteiger partial charge in [-0.25, -0.2) is 4.98 Å². The zero-order chi connectivity index (χ0) is 22.3. The smallest absolute Gasteiger partial charge is 0.326 e. The fourth-order valence-electron chi connectivity index (χ4n) is 3.31. The van der Waals surface area contributed by atoms with Crippen LogP contribution >= 0.6 is 11.3 Å². The van der Waals surface area contributed by atoms with Crippen molar-refractivity contribution in [3.05, 3.63) is 58.9 Å². The molecule has 0 spiro atoms. The van der Waals surface area contributed by atoms with Crippen LogP contribution < -0.4 is 14.4 Å². The third kappa shape index (κ3) is 5.26. The molecule has 7 nitrogen and oxygen atoms in total. The van der Waals surface area contributed by atoms with Gasteiger partial charge in [0.2, 0.25) is 0 Å². The number of anilines is 1. The van der Waals surface area contributed by atoms with Crippen molar-refractivity contribution >= 4 is 28.9 Å². The Labute approximate surface area is 190 Å². The van der Waals surface area contributed by atoms with E-state index in [-0.39, 0.29) is 32.3 Å². The summed E-state index contributed by atoms with van der Waals surface area (Å²) in [5.74, 6) is 0.458. The summed E-state index contributed by atoms with van der Waals surface area (Å²) in [6, 6.07) is 14.9. The van der Waals surface area contributed by atoms with Crippen molar-refractivity contribution in [3.8, 4) is 22.8 Å². The molecule has 0 radical (unpaired) electrons. The van der Waals surface area contributed by atoms with Crippen molar-refractivity contribution in [2.45, 2.75) is 19.8 Å². The Hall–Kier alpha value is -3.39. The molecule has 0 unspecified atom stereocenters.